The molecule has 1 amide bonds. The molecule has 0 spiro atoms. The molecule has 1 saturated carbocycles. The molecule has 1 aromatic carbocycles. The Kier molecular flexibility index (Phi) is 7.06. The van der Waals surface area contributed by atoms with Gasteiger partial charge in [-0.05, 0) is 44.7 Å². The molecule has 1 fully saturated rings. The number of pyridine rings is 1. The topological polar surface area (TPSA) is 63.2 Å². The predicted octanol–water partition coefficient (Wildman–Crippen LogP) is 4.51. The average Bonchev–Trinajstić information content (AvgIpc) is 2.69. The zero-order valence-electron chi connectivity index (χ0n) is 16.2. The summed E-state index contributed by atoms with van der Waals surface area (Å²) in [6, 6.07) is 2.45. The number of carbonyl (C=O) groups is 1. The van der Waals surface area contributed by atoms with Gasteiger partial charge in [-0.3, -0.25) is 9.78 Å². The van der Waals surface area contributed by atoms with E-state index in [1.807, 2.05) is 0 Å². The van der Waals surface area contributed by atoms with Gasteiger partial charge in [0.05, 0.1) is 17.1 Å². The number of benzene rings is 1. The van der Waals surface area contributed by atoms with Crippen LogP contribution in [0.4, 0.5) is 22.0 Å². The van der Waals surface area contributed by atoms with Gasteiger partial charge < -0.3 is 15.4 Å². The van der Waals surface area contributed by atoms with E-state index in [1.54, 1.807) is 0 Å². The molecule has 0 bridgehead atoms. The van der Waals surface area contributed by atoms with Crippen molar-refractivity contribution in [1.82, 2.24) is 15.6 Å². The first-order valence-electron chi connectivity index (χ1n) is 9.62. The Balaban J connectivity index is 0.00000341. The van der Waals surface area contributed by atoms with E-state index in [2.05, 4.69) is 20.4 Å². The molecule has 0 saturated heterocycles. The summed E-state index contributed by atoms with van der Waals surface area (Å²) in [4.78, 5) is 16.6. The molecular formula is C20H24F5N3O2. The number of rotatable bonds is 7. The van der Waals surface area contributed by atoms with Crippen molar-refractivity contribution in [3.05, 3.63) is 35.8 Å². The van der Waals surface area contributed by atoms with Crippen molar-refractivity contribution >= 4 is 16.8 Å². The number of hydrogen-bond acceptors (Lipinski definition) is 4. The van der Waals surface area contributed by atoms with Gasteiger partial charge in [-0.15, -0.1) is 0 Å². The van der Waals surface area contributed by atoms with Crippen molar-refractivity contribution < 1.29 is 32.9 Å². The van der Waals surface area contributed by atoms with Crippen LogP contribution in [0.2, 0.25) is 0 Å². The minimum atomic E-state index is -3.16. The SMILES string of the molecule is CC(NC1CCC(NC(=O)c2cnc3cc(OC(F)F)c(F)cc3c2)CC1)C(F)F.[HH]. The van der Waals surface area contributed by atoms with E-state index >= 15 is 0 Å². The predicted molar refractivity (Wildman–Crippen MR) is 103 cm³/mol. The smallest absolute Gasteiger partial charge is 0.387 e. The Morgan fingerprint density at radius 2 is 1.80 bits per heavy atom. The molecule has 3 rings (SSSR count). The zero-order valence-corrected chi connectivity index (χ0v) is 16.2. The molecule has 30 heavy (non-hydrogen) atoms. The third kappa shape index (κ3) is 5.56. The third-order valence-electron chi connectivity index (χ3n) is 5.15. The first-order valence-corrected chi connectivity index (χ1v) is 9.62. The fourth-order valence-electron chi connectivity index (χ4n) is 3.56. The van der Waals surface area contributed by atoms with E-state index in [-0.39, 0.29) is 30.0 Å². The fraction of sp³-hybridized carbons (Fsp3) is 0.500. The standard InChI is InChI=1S/C20H22F5N3O2.H2/c1-10(18(22)23)27-13-2-4-14(5-3-13)28-19(29)12-6-11-7-15(21)17(30-20(24)25)8-16(11)26-9-12;/h6-10,13-14,18,20,27H,2-5H2,1H3,(H,28,29);1H. The summed E-state index contributed by atoms with van der Waals surface area (Å²) >= 11 is 0. The molecule has 1 aromatic heterocycles. The molecule has 0 radical (unpaired) electrons. The summed E-state index contributed by atoms with van der Waals surface area (Å²) in [6.45, 7) is -1.72. The molecule has 1 aliphatic rings. The van der Waals surface area contributed by atoms with E-state index in [4.69, 9.17) is 0 Å². The van der Waals surface area contributed by atoms with E-state index in [1.165, 1.54) is 19.2 Å². The molecule has 0 aliphatic heterocycles. The Hall–Kier alpha value is -2.49. The summed E-state index contributed by atoms with van der Waals surface area (Å²) in [5, 5.41) is 6.05. The van der Waals surface area contributed by atoms with Crippen LogP contribution in [0.3, 0.4) is 0 Å². The maximum atomic E-state index is 13.9. The van der Waals surface area contributed by atoms with Gasteiger partial charge >= 0.3 is 6.61 Å². The van der Waals surface area contributed by atoms with Crippen LogP contribution in [0.1, 0.15) is 44.4 Å². The molecule has 5 nitrogen and oxygen atoms in total. The molecule has 1 heterocycles. The summed E-state index contributed by atoms with van der Waals surface area (Å²) in [5.74, 6) is -1.99. The van der Waals surface area contributed by atoms with Crippen molar-refractivity contribution in [2.45, 2.75) is 63.8 Å². The number of fused-ring (bicyclic) bond motifs is 1. The van der Waals surface area contributed by atoms with Crippen molar-refractivity contribution in [2.75, 3.05) is 0 Å². The van der Waals surface area contributed by atoms with Crippen molar-refractivity contribution in [3.63, 3.8) is 0 Å². The Bertz CT molecular complexity index is 894. The number of nitrogens with zero attached hydrogens (tertiary/aromatic N) is 1. The lowest BCUT2D eigenvalue weighted by molar-refractivity contribution is -0.0520. The van der Waals surface area contributed by atoms with Crippen molar-refractivity contribution in [2.24, 2.45) is 0 Å². The summed E-state index contributed by atoms with van der Waals surface area (Å²) < 4.78 is 67.9. The van der Waals surface area contributed by atoms with Crippen molar-refractivity contribution in [1.29, 1.82) is 0 Å². The van der Waals surface area contributed by atoms with Gasteiger partial charge in [-0.2, -0.15) is 8.78 Å². The van der Waals surface area contributed by atoms with Crippen molar-refractivity contribution in [3.8, 4) is 5.75 Å². The maximum absolute atomic E-state index is 13.9. The number of alkyl halides is 4. The highest BCUT2D eigenvalue weighted by molar-refractivity contribution is 5.97. The first kappa shape index (κ1) is 22.2. The van der Waals surface area contributed by atoms with E-state index in [0.717, 1.165) is 12.1 Å². The lowest BCUT2D eigenvalue weighted by Gasteiger charge is -2.31. The minimum Gasteiger partial charge on any atom is -0.432 e. The second-order valence-corrected chi connectivity index (χ2v) is 7.39. The van der Waals surface area contributed by atoms with Crippen LogP contribution in [-0.2, 0) is 0 Å². The number of carbonyl (C=O) groups excluding carboxylic acids is 1. The molecule has 1 unspecified atom stereocenters. The largest absolute Gasteiger partial charge is 0.432 e. The normalized spacial score (nSPS) is 20.5. The number of aromatic nitrogens is 1. The lowest BCUT2D eigenvalue weighted by Crippen LogP contribution is -2.46. The number of ether oxygens (including phenoxy) is 1. The highest BCUT2D eigenvalue weighted by Gasteiger charge is 2.26. The highest BCUT2D eigenvalue weighted by atomic mass is 19.3. The van der Waals surface area contributed by atoms with Crippen LogP contribution in [0, 0.1) is 5.82 Å². The number of nitrogens with one attached hydrogen (secondary N) is 2. The maximum Gasteiger partial charge on any atom is 0.387 e. The first-order chi connectivity index (χ1) is 14.2. The number of halogens is 5. The molecular weight excluding hydrogens is 409 g/mol. The van der Waals surface area contributed by atoms with Crippen LogP contribution in [0.5, 0.6) is 5.75 Å². The average molecular weight is 433 g/mol. The summed E-state index contributed by atoms with van der Waals surface area (Å²) in [7, 11) is 0. The Morgan fingerprint density at radius 1 is 1.13 bits per heavy atom. The summed E-state index contributed by atoms with van der Waals surface area (Å²) in [5.41, 5.74) is 0.416. The van der Waals surface area contributed by atoms with Crippen LogP contribution in [0.15, 0.2) is 24.4 Å². The van der Waals surface area contributed by atoms with Crippen LogP contribution < -0.4 is 15.4 Å². The number of hydrogen-bond donors (Lipinski definition) is 2. The second-order valence-electron chi connectivity index (χ2n) is 7.39. The monoisotopic (exact) mass is 433 g/mol. The quantitative estimate of drug-likeness (QED) is 0.631. The van der Waals surface area contributed by atoms with Gasteiger partial charge in [-0.1, -0.05) is 0 Å². The van der Waals surface area contributed by atoms with Gasteiger partial charge in [0.2, 0.25) is 0 Å². The van der Waals surface area contributed by atoms with Gasteiger partial charge in [0.15, 0.2) is 11.6 Å². The van der Waals surface area contributed by atoms with Gasteiger partial charge in [0.1, 0.15) is 0 Å². The molecule has 1 aliphatic carbocycles. The fourth-order valence-corrected chi connectivity index (χ4v) is 3.56. The Morgan fingerprint density at radius 3 is 2.43 bits per heavy atom. The molecule has 10 heteroatoms. The van der Waals surface area contributed by atoms with Gasteiger partial charge in [-0.25, -0.2) is 13.2 Å². The lowest BCUT2D eigenvalue weighted by atomic mass is 9.90. The van der Waals surface area contributed by atoms with Gasteiger partial charge in [0.25, 0.3) is 12.3 Å². The van der Waals surface area contributed by atoms with E-state index < -0.39 is 36.6 Å². The highest BCUT2D eigenvalue weighted by Crippen LogP contribution is 2.26. The van der Waals surface area contributed by atoms with Crippen LogP contribution in [0.25, 0.3) is 10.9 Å². The minimum absolute atomic E-state index is 0. The molecule has 2 N–H and O–H groups in total. The summed E-state index contributed by atoms with van der Waals surface area (Å²) in [6.07, 6.45) is 1.46. The molecule has 166 valence electrons. The molecule has 2 aromatic rings. The van der Waals surface area contributed by atoms with E-state index in [0.29, 0.717) is 25.7 Å². The van der Waals surface area contributed by atoms with E-state index in [9.17, 15) is 26.7 Å². The molecule has 1 atom stereocenters. The van der Waals surface area contributed by atoms with Crippen LogP contribution >= 0.6 is 0 Å². The number of amides is 1. The second kappa shape index (κ2) is 9.55. The zero-order chi connectivity index (χ0) is 21.8. The third-order valence-corrected chi connectivity index (χ3v) is 5.15. The van der Waals surface area contributed by atoms with Crippen LogP contribution in [-0.4, -0.2) is 42.1 Å². The van der Waals surface area contributed by atoms with Gasteiger partial charge in [0, 0.05) is 31.2 Å². The Labute approximate surface area is 171 Å².